The number of nitrogens with zero attached hydrogens (tertiary/aromatic N) is 2. The number of aromatic nitrogens is 1. The van der Waals surface area contributed by atoms with Crippen LogP contribution in [0.4, 0.5) is 5.69 Å². The van der Waals surface area contributed by atoms with Crippen LogP contribution in [0.5, 0.6) is 0 Å². The average molecular weight is 327 g/mol. The molecule has 0 saturated carbocycles. The van der Waals surface area contributed by atoms with Gasteiger partial charge in [0, 0.05) is 6.07 Å². The van der Waals surface area contributed by atoms with E-state index in [0.717, 1.165) is 16.8 Å². The third-order valence-corrected chi connectivity index (χ3v) is 2.92. The molecule has 0 fully saturated rings. The normalized spacial score (nSPS) is 10.4. The first-order valence-corrected chi connectivity index (χ1v) is 5.89. The van der Waals surface area contributed by atoms with Crippen molar-refractivity contribution in [2.75, 3.05) is 0 Å². The van der Waals surface area contributed by atoms with E-state index >= 15 is 0 Å². The van der Waals surface area contributed by atoms with Crippen LogP contribution in [0, 0.1) is 10.1 Å². The van der Waals surface area contributed by atoms with Gasteiger partial charge < -0.3 is 4.42 Å². The number of halogens is 1. The topological polar surface area (TPSA) is 95.4 Å². The molecule has 0 saturated heterocycles. The van der Waals surface area contributed by atoms with Crippen molar-refractivity contribution < 1.29 is 14.1 Å². The smallest absolute Gasteiger partial charge is 0.286 e. The Morgan fingerprint density at radius 1 is 1.53 bits per heavy atom. The van der Waals surface area contributed by atoms with Gasteiger partial charge in [-0.2, -0.15) is 0 Å². The molecule has 0 N–H and O–H groups in total. The van der Waals surface area contributed by atoms with Gasteiger partial charge in [-0.05, 0) is 28.1 Å². The Labute approximate surface area is 114 Å². The summed E-state index contributed by atoms with van der Waals surface area (Å²) in [5, 5.41) is 10.7. The van der Waals surface area contributed by atoms with Crippen molar-refractivity contribution in [3.63, 3.8) is 0 Å². The van der Waals surface area contributed by atoms with E-state index in [1.54, 1.807) is 6.07 Å². The Kier molecular flexibility index (Phi) is 3.61. The Morgan fingerprint density at radius 3 is 2.84 bits per heavy atom. The molecule has 0 unspecified atom stereocenters. The molecule has 2 aromatic rings. The zero-order valence-electron chi connectivity index (χ0n) is 9.41. The minimum Gasteiger partial charge on any atom is -0.461 e. The maximum absolute atomic E-state index is 11.8. The van der Waals surface area contributed by atoms with Gasteiger partial charge >= 0.3 is 0 Å². The van der Waals surface area contributed by atoms with Gasteiger partial charge in [0.25, 0.3) is 11.2 Å². The minimum absolute atomic E-state index is 0.0222. The van der Waals surface area contributed by atoms with E-state index in [9.17, 15) is 19.7 Å². The lowest BCUT2D eigenvalue weighted by molar-refractivity contribution is -0.385. The molecule has 0 spiro atoms. The van der Waals surface area contributed by atoms with Crippen molar-refractivity contribution in [3.05, 3.63) is 61.4 Å². The summed E-state index contributed by atoms with van der Waals surface area (Å²) in [7, 11) is 0. The molecule has 0 aliphatic rings. The number of hydrogen-bond acceptors (Lipinski definition) is 5. The summed E-state index contributed by atoms with van der Waals surface area (Å²) < 4.78 is 5.89. The van der Waals surface area contributed by atoms with Gasteiger partial charge in [0.1, 0.15) is 0 Å². The van der Waals surface area contributed by atoms with Gasteiger partial charge in [-0.25, -0.2) is 0 Å². The predicted octanol–water partition coefficient (Wildman–Crippen LogP) is 1.99. The number of Topliss-reactive ketones (excluding diaryl/α,β-unsaturated/α-hetero) is 1. The summed E-state index contributed by atoms with van der Waals surface area (Å²) in [5.41, 5.74) is -0.802. The number of carbonyl (C=O) groups excluding carboxylic acids is 1. The van der Waals surface area contributed by atoms with Crippen molar-refractivity contribution in [3.8, 4) is 0 Å². The highest BCUT2D eigenvalue weighted by atomic mass is 79.9. The molecular formula is C11H7BrN2O5. The fourth-order valence-electron chi connectivity index (χ4n) is 1.47. The summed E-state index contributed by atoms with van der Waals surface area (Å²) >= 11 is 2.93. The molecule has 0 aliphatic carbocycles. The monoisotopic (exact) mass is 326 g/mol. The first-order chi connectivity index (χ1) is 8.99. The first-order valence-electron chi connectivity index (χ1n) is 5.10. The minimum atomic E-state index is -0.641. The lowest BCUT2D eigenvalue weighted by Gasteiger charge is -2.04. The van der Waals surface area contributed by atoms with E-state index in [4.69, 9.17) is 4.42 Å². The van der Waals surface area contributed by atoms with Crippen LogP contribution in [0.25, 0.3) is 0 Å². The standard InChI is InChI=1S/C11H7BrN2O5/c12-8-4-7(14(17)18)5-13(11(8)16)6-9(15)10-2-1-3-19-10/h1-5H,6H2. The van der Waals surface area contributed by atoms with E-state index < -0.39 is 16.3 Å². The van der Waals surface area contributed by atoms with E-state index in [2.05, 4.69) is 15.9 Å². The van der Waals surface area contributed by atoms with Gasteiger partial charge in [0.2, 0.25) is 5.78 Å². The number of pyridine rings is 1. The highest BCUT2D eigenvalue weighted by Gasteiger charge is 2.16. The van der Waals surface area contributed by atoms with Crippen molar-refractivity contribution in [2.45, 2.75) is 6.54 Å². The maximum atomic E-state index is 11.8. The van der Waals surface area contributed by atoms with Crippen LogP contribution in [-0.2, 0) is 6.54 Å². The fourth-order valence-corrected chi connectivity index (χ4v) is 1.93. The number of carbonyl (C=O) groups is 1. The number of ketones is 1. The van der Waals surface area contributed by atoms with Crippen molar-refractivity contribution in [2.24, 2.45) is 0 Å². The van der Waals surface area contributed by atoms with Crippen LogP contribution in [0.3, 0.4) is 0 Å². The van der Waals surface area contributed by atoms with Crippen LogP contribution in [0.15, 0.2) is 44.3 Å². The second-order valence-electron chi connectivity index (χ2n) is 3.64. The predicted molar refractivity (Wildman–Crippen MR) is 68.1 cm³/mol. The zero-order valence-corrected chi connectivity index (χ0v) is 11.0. The highest BCUT2D eigenvalue weighted by molar-refractivity contribution is 9.10. The quantitative estimate of drug-likeness (QED) is 0.486. The maximum Gasteiger partial charge on any atom is 0.286 e. The lowest BCUT2D eigenvalue weighted by atomic mass is 10.3. The van der Waals surface area contributed by atoms with Crippen LogP contribution in [-0.4, -0.2) is 15.3 Å². The molecule has 7 nitrogen and oxygen atoms in total. The van der Waals surface area contributed by atoms with Gasteiger partial charge in [0.15, 0.2) is 5.76 Å². The molecule has 0 atom stereocenters. The van der Waals surface area contributed by atoms with E-state index in [1.165, 1.54) is 12.3 Å². The summed E-state index contributed by atoms with van der Waals surface area (Å²) in [6.07, 6.45) is 2.35. The molecule has 0 amide bonds. The third kappa shape index (κ3) is 2.79. The van der Waals surface area contributed by atoms with Gasteiger partial charge in [0.05, 0.1) is 28.4 Å². The van der Waals surface area contributed by atoms with E-state index in [-0.39, 0.29) is 22.5 Å². The van der Waals surface area contributed by atoms with Crippen LogP contribution >= 0.6 is 15.9 Å². The van der Waals surface area contributed by atoms with Crippen LogP contribution in [0.2, 0.25) is 0 Å². The first kappa shape index (κ1) is 13.2. The fraction of sp³-hybridized carbons (Fsp3) is 0.0909. The molecule has 98 valence electrons. The Morgan fingerprint density at radius 2 is 2.26 bits per heavy atom. The second kappa shape index (κ2) is 5.19. The summed E-state index contributed by atoms with van der Waals surface area (Å²) in [6.45, 7) is -0.327. The molecule has 0 radical (unpaired) electrons. The summed E-state index contributed by atoms with van der Waals surface area (Å²) in [4.78, 5) is 33.6. The largest absolute Gasteiger partial charge is 0.461 e. The highest BCUT2D eigenvalue weighted by Crippen LogP contribution is 2.14. The molecule has 0 bridgehead atoms. The molecular weight excluding hydrogens is 320 g/mol. The molecule has 19 heavy (non-hydrogen) atoms. The summed E-state index contributed by atoms with van der Waals surface area (Å²) in [6, 6.07) is 4.09. The number of rotatable bonds is 4. The molecule has 2 heterocycles. The van der Waals surface area contributed by atoms with Gasteiger partial charge in [-0.3, -0.25) is 24.3 Å². The second-order valence-corrected chi connectivity index (χ2v) is 4.49. The van der Waals surface area contributed by atoms with Crippen LogP contribution in [0.1, 0.15) is 10.6 Å². The third-order valence-electron chi connectivity index (χ3n) is 2.35. The number of nitro groups is 1. The Hall–Kier alpha value is -2.22. The van der Waals surface area contributed by atoms with Gasteiger partial charge in [-0.1, -0.05) is 0 Å². The van der Waals surface area contributed by atoms with Crippen molar-refractivity contribution in [1.29, 1.82) is 0 Å². The molecule has 8 heteroatoms. The molecule has 0 aliphatic heterocycles. The van der Waals surface area contributed by atoms with E-state index in [0.29, 0.717) is 0 Å². The summed E-state index contributed by atoms with van der Waals surface area (Å²) in [5.74, 6) is -0.353. The average Bonchev–Trinajstić information content (AvgIpc) is 2.88. The van der Waals surface area contributed by atoms with Crippen molar-refractivity contribution in [1.82, 2.24) is 4.57 Å². The van der Waals surface area contributed by atoms with Crippen LogP contribution < -0.4 is 5.56 Å². The van der Waals surface area contributed by atoms with Crippen molar-refractivity contribution >= 4 is 27.4 Å². The molecule has 2 rings (SSSR count). The number of furan rings is 1. The zero-order chi connectivity index (χ0) is 14.0. The molecule has 2 aromatic heterocycles. The number of hydrogen-bond donors (Lipinski definition) is 0. The van der Waals surface area contributed by atoms with Gasteiger partial charge in [-0.15, -0.1) is 0 Å². The molecule has 0 aromatic carbocycles. The Bertz CT molecular complexity index is 690. The SMILES string of the molecule is O=C(Cn1cc([N+](=O)[O-])cc(Br)c1=O)c1ccco1. The van der Waals surface area contributed by atoms with E-state index in [1.807, 2.05) is 0 Å². The lowest BCUT2D eigenvalue weighted by Crippen LogP contribution is -2.24. The Balaban J connectivity index is 2.37.